The fourth-order valence-electron chi connectivity index (χ4n) is 4.19. The molecule has 1 heterocycles. The van der Waals surface area contributed by atoms with Crippen LogP contribution in [0, 0.1) is 5.82 Å². The number of aliphatic hydroxyl groups is 2. The Morgan fingerprint density at radius 3 is 2.41 bits per heavy atom. The molecule has 0 radical (unpaired) electrons. The number of carbonyl (C=O) groups is 1. The second-order valence-electron chi connectivity index (χ2n) is 7.90. The van der Waals surface area contributed by atoms with E-state index in [1.807, 2.05) is 30.3 Å². The van der Waals surface area contributed by atoms with Crippen molar-refractivity contribution in [2.75, 3.05) is 4.90 Å². The van der Waals surface area contributed by atoms with E-state index in [9.17, 15) is 24.5 Å². The minimum absolute atomic E-state index is 0.0111. The molecule has 3 aromatic rings. The summed E-state index contributed by atoms with van der Waals surface area (Å²) in [6.07, 6.45) is -0.0470. The number of hydrogen-bond donors (Lipinski definition) is 4. The molecule has 0 spiro atoms. The summed E-state index contributed by atoms with van der Waals surface area (Å²) in [5, 5.41) is 33.6. The first-order chi connectivity index (χ1) is 15.5. The number of carbonyl (C=O) groups excluding carboxylic acids is 1. The zero-order valence-electron chi connectivity index (χ0n) is 17.4. The van der Waals surface area contributed by atoms with Gasteiger partial charge in [-0.05, 0) is 54.3 Å². The lowest BCUT2D eigenvalue weighted by atomic mass is 9.92. The number of aliphatic hydroxyl groups excluding tert-OH is 2. The van der Waals surface area contributed by atoms with Crippen molar-refractivity contribution in [2.24, 2.45) is 0 Å². The zero-order valence-corrected chi connectivity index (χ0v) is 17.4. The number of anilines is 1. The van der Waals surface area contributed by atoms with E-state index >= 15 is 0 Å². The summed E-state index contributed by atoms with van der Waals surface area (Å²) in [6, 6.07) is 18.6. The van der Waals surface area contributed by atoms with Gasteiger partial charge in [0.05, 0.1) is 24.8 Å². The van der Waals surface area contributed by atoms with Crippen LogP contribution in [-0.2, 0) is 6.61 Å². The quantitative estimate of drug-likeness (QED) is 0.447. The van der Waals surface area contributed by atoms with Crippen molar-refractivity contribution in [3.05, 3.63) is 95.3 Å². The zero-order chi connectivity index (χ0) is 22.7. The molecule has 0 aromatic heterocycles. The first-order valence-corrected chi connectivity index (χ1v) is 10.5. The van der Waals surface area contributed by atoms with Gasteiger partial charge in [-0.2, -0.15) is 0 Å². The lowest BCUT2D eigenvalue weighted by Crippen LogP contribution is -2.29. The molecule has 6 nitrogen and oxygen atoms in total. The number of benzene rings is 3. The number of phenols is 1. The number of aromatic hydroxyl groups is 1. The third kappa shape index (κ3) is 4.44. The number of rotatable bonds is 7. The monoisotopic (exact) mass is 436 g/mol. The lowest BCUT2D eigenvalue weighted by Gasteiger charge is -2.28. The molecular formula is C25H25FN2O4. The highest BCUT2D eigenvalue weighted by Gasteiger charge is 2.42. The summed E-state index contributed by atoms with van der Waals surface area (Å²) >= 11 is 0. The molecule has 1 aliphatic heterocycles. The van der Waals surface area contributed by atoms with Gasteiger partial charge >= 0.3 is 6.03 Å². The van der Waals surface area contributed by atoms with Crippen molar-refractivity contribution >= 4 is 11.7 Å². The SMILES string of the molecule is O=C1N[C@@H](CCC(O)c2ccc(F)cc2)[C@@H](c2ccc(CO)cc2O)N1c1ccccc1. The molecule has 2 amide bonds. The van der Waals surface area contributed by atoms with Crippen LogP contribution in [0.2, 0.25) is 0 Å². The fraction of sp³-hybridized carbons (Fsp3) is 0.240. The van der Waals surface area contributed by atoms with Gasteiger partial charge in [-0.15, -0.1) is 0 Å². The Morgan fingerprint density at radius 2 is 1.75 bits per heavy atom. The molecule has 1 saturated heterocycles. The number of nitrogens with zero attached hydrogens (tertiary/aromatic N) is 1. The first-order valence-electron chi connectivity index (χ1n) is 10.5. The third-order valence-corrected chi connectivity index (χ3v) is 5.82. The van der Waals surface area contributed by atoms with Crippen LogP contribution >= 0.6 is 0 Å². The molecule has 0 bridgehead atoms. The highest BCUT2D eigenvalue weighted by Crippen LogP contribution is 2.40. The van der Waals surface area contributed by atoms with E-state index in [-0.39, 0.29) is 30.2 Å². The molecule has 4 rings (SSSR count). The highest BCUT2D eigenvalue weighted by atomic mass is 19.1. The second kappa shape index (κ2) is 9.38. The van der Waals surface area contributed by atoms with Crippen LogP contribution < -0.4 is 10.2 Å². The Kier molecular flexibility index (Phi) is 6.39. The molecule has 7 heteroatoms. The molecule has 1 fully saturated rings. The smallest absolute Gasteiger partial charge is 0.322 e. The minimum atomic E-state index is -0.815. The number of nitrogens with one attached hydrogen (secondary N) is 1. The normalized spacial score (nSPS) is 19.1. The van der Waals surface area contributed by atoms with Gasteiger partial charge in [0.15, 0.2) is 0 Å². The molecule has 4 N–H and O–H groups in total. The average molecular weight is 436 g/mol. The van der Waals surface area contributed by atoms with Crippen LogP contribution in [0.4, 0.5) is 14.9 Å². The van der Waals surface area contributed by atoms with Crippen molar-refractivity contribution in [2.45, 2.75) is 37.6 Å². The molecule has 32 heavy (non-hydrogen) atoms. The summed E-state index contributed by atoms with van der Waals surface area (Å²) in [5.74, 6) is -0.382. The maximum absolute atomic E-state index is 13.2. The van der Waals surface area contributed by atoms with Gasteiger partial charge in [-0.3, -0.25) is 4.90 Å². The number of amides is 2. The summed E-state index contributed by atoms with van der Waals surface area (Å²) < 4.78 is 13.2. The number of phenolic OH excluding ortho intramolecular Hbond substituents is 1. The Bertz CT molecular complexity index is 1080. The van der Waals surface area contributed by atoms with Crippen LogP contribution in [0.5, 0.6) is 5.75 Å². The van der Waals surface area contributed by atoms with Gasteiger partial charge < -0.3 is 20.6 Å². The highest BCUT2D eigenvalue weighted by molar-refractivity contribution is 5.96. The Morgan fingerprint density at radius 1 is 1.03 bits per heavy atom. The van der Waals surface area contributed by atoms with E-state index < -0.39 is 12.1 Å². The van der Waals surface area contributed by atoms with E-state index in [2.05, 4.69) is 5.32 Å². The average Bonchev–Trinajstić information content (AvgIpc) is 3.14. The van der Waals surface area contributed by atoms with Crippen LogP contribution in [0.25, 0.3) is 0 Å². The predicted octanol–water partition coefficient (Wildman–Crippen LogP) is 4.18. The number of para-hydroxylation sites is 1. The molecule has 1 unspecified atom stereocenters. The maximum atomic E-state index is 13.2. The van der Waals surface area contributed by atoms with Crippen LogP contribution in [0.3, 0.4) is 0 Å². The van der Waals surface area contributed by atoms with Crippen molar-refractivity contribution < 1.29 is 24.5 Å². The van der Waals surface area contributed by atoms with Gasteiger partial charge in [0, 0.05) is 11.3 Å². The van der Waals surface area contributed by atoms with Gasteiger partial charge in [0.2, 0.25) is 0 Å². The van der Waals surface area contributed by atoms with E-state index in [4.69, 9.17) is 0 Å². The van der Waals surface area contributed by atoms with Crippen molar-refractivity contribution in [3.63, 3.8) is 0 Å². The largest absolute Gasteiger partial charge is 0.508 e. The predicted molar refractivity (Wildman–Crippen MR) is 119 cm³/mol. The molecule has 3 aromatic carbocycles. The molecule has 0 saturated carbocycles. The summed E-state index contributed by atoms with van der Waals surface area (Å²) in [4.78, 5) is 14.5. The topological polar surface area (TPSA) is 93.0 Å². The Balaban J connectivity index is 1.63. The second-order valence-corrected chi connectivity index (χ2v) is 7.90. The van der Waals surface area contributed by atoms with Crippen LogP contribution in [0.15, 0.2) is 72.8 Å². The van der Waals surface area contributed by atoms with Crippen molar-refractivity contribution in [3.8, 4) is 5.75 Å². The van der Waals surface area contributed by atoms with Crippen LogP contribution in [0.1, 0.15) is 41.7 Å². The molecule has 166 valence electrons. The summed E-state index contributed by atoms with van der Waals surface area (Å²) in [7, 11) is 0. The van der Waals surface area contributed by atoms with Gasteiger partial charge in [0.1, 0.15) is 11.6 Å². The molecule has 1 aliphatic rings. The van der Waals surface area contributed by atoms with Gasteiger partial charge in [-0.25, -0.2) is 9.18 Å². The van der Waals surface area contributed by atoms with Crippen molar-refractivity contribution in [1.29, 1.82) is 0 Å². The first kappa shape index (κ1) is 21.8. The fourth-order valence-corrected chi connectivity index (χ4v) is 4.19. The summed E-state index contributed by atoms with van der Waals surface area (Å²) in [6.45, 7) is -0.203. The number of urea groups is 1. The van der Waals surface area contributed by atoms with Crippen molar-refractivity contribution in [1.82, 2.24) is 5.32 Å². The minimum Gasteiger partial charge on any atom is -0.508 e. The number of halogens is 1. The number of hydrogen-bond acceptors (Lipinski definition) is 4. The molecule has 0 aliphatic carbocycles. The summed E-state index contributed by atoms with van der Waals surface area (Å²) in [5.41, 5.74) is 2.40. The third-order valence-electron chi connectivity index (χ3n) is 5.82. The maximum Gasteiger partial charge on any atom is 0.322 e. The lowest BCUT2D eigenvalue weighted by molar-refractivity contribution is 0.159. The standard InChI is InChI=1S/C25H25FN2O4/c26-18-9-7-17(8-10-18)22(30)13-12-21-24(20-11-6-16(15-29)14-23(20)31)28(25(32)27-21)19-4-2-1-3-5-19/h1-11,14,21-22,24,29-31H,12-13,15H2,(H,27,32)/t21-,22?,24+/m0/s1. The van der Waals surface area contributed by atoms with Crippen LogP contribution in [-0.4, -0.2) is 27.4 Å². The van der Waals surface area contributed by atoms with Gasteiger partial charge in [0.25, 0.3) is 0 Å². The molecular weight excluding hydrogens is 411 g/mol. The van der Waals surface area contributed by atoms with E-state index in [1.165, 1.54) is 18.2 Å². The Hall–Kier alpha value is -3.42. The molecule has 3 atom stereocenters. The Labute approximate surface area is 185 Å². The van der Waals surface area contributed by atoms with Gasteiger partial charge in [-0.1, -0.05) is 42.5 Å². The van der Waals surface area contributed by atoms with E-state index in [1.54, 1.807) is 29.2 Å². The van der Waals surface area contributed by atoms with E-state index in [0.717, 1.165) is 0 Å². The van der Waals surface area contributed by atoms with E-state index in [0.29, 0.717) is 35.2 Å².